The van der Waals surface area contributed by atoms with Gasteiger partial charge in [0.2, 0.25) is 0 Å². The fourth-order valence-electron chi connectivity index (χ4n) is 1.93. The first-order valence-electron chi connectivity index (χ1n) is 5.21. The van der Waals surface area contributed by atoms with Gasteiger partial charge < -0.3 is 5.73 Å². The van der Waals surface area contributed by atoms with E-state index in [9.17, 15) is 0 Å². The van der Waals surface area contributed by atoms with Gasteiger partial charge in [0.25, 0.3) is 0 Å². The van der Waals surface area contributed by atoms with E-state index in [2.05, 4.69) is 38.1 Å². The van der Waals surface area contributed by atoms with Gasteiger partial charge in [-0.1, -0.05) is 24.3 Å². The second-order valence-electron chi connectivity index (χ2n) is 4.19. The van der Waals surface area contributed by atoms with Crippen molar-refractivity contribution >= 4 is 5.57 Å². The van der Waals surface area contributed by atoms with Crippen molar-refractivity contribution in [3.8, 4) is 0 Å². The first-order chi connectivity index (χ1) is 6.66. The van der Waals surface area contributed by atoms with E-state index in [4.69, 9.17) is 5.73 Å². The molecule has 0 aromatic heterocycles. The number of hydrogen-bond acceptors (Lipinski definition) is 1. The van der Waals surface area contributed by atoms with Gasteiger partial charge >= 0.3 is 0 Å². The van der Waals surface area contributed by atoms with Crippen molar-refractivity contribution in [3.63, 3.8) is 0 Å². The summed E-state index contributed by atoms with van der Waals surface area (Å²) < 4.78 is 0. The summed E-state index contributed by atoms with van der Waals surface area (Å²) in [4.78, 5) is 0. The second kappa shape index (κ2) is 3.58. The highest BCUT2D eigenvalue weighted by Gasteiger charge is 2.13. The molecule has 0 saturated carbocycles. The minimum absolute atomic E-state index is 0.270. The van der Waals surface area contributed by atoms with E-state index >= 15 is 0 Å². The van der Waals surface area contributed by atoms with E-state index in [1.807, 2.05) is 0 Å². The molecule has 1 aliphatic carbocycles. The summed E-state index contributed by atoms with van der Waals surface area (Å²) in [6.45, 7) is 4.31. The van der Waals surface area contributed by atoms with Gasteiger partial charge in [-0.15, -0.1) is 0 Å². The van der Waals surface area contributed by atoms with Gasteiger partial charge in [-0.3, -0.25) is 0 Å². The van der Waals surface area contributed by atoms with Gasteiger partial charge in [0.1, 0.15) is 0 Å². The normalized spacial score (nSPS) is 21.1. The van der Waals surface area contributed by atoms with E-state index in [0.717, 1.165) is 12.8 Å². The average Bonchev–Trinajstić information content (AvgIpc) is 2.57. The number of benzene rings is 1. The fourth-order valence-corrected chi connectivity index (χ4v) is 1.93. The lowest BCUT2D eigenvalue weighted by Gasteiger charge is -2.05. The summed E-state index contributed by atoms with van der Waals surface area (Å²) in [5, 5.41) is 0. The molecule has 1 aromatic carbocycles. The minimum atomic E-state index is 0.270. The summed E-state index contributed by atoms with van der Waals surface area (Å²) in [6.07, 6.45) is 4.43. The molecule has 0 radical (unpaired) electrons. The van der Waals surface area contributed by atoms with Crippen molar-refractivity contribution in [2.45, 2.75) is 32.7 Å². The van der Waals surface area contributed by atoms with Crippen LogP contribution in [0.4, 0.5) is 0 Å². The molecule has 1 heteroatoms. The monoisotopic (exact) mass is 187 g/mol. The molecule has 74 valence electrons. The van der Waals surface area contributed by atoms with Gasteiger partial charge in [0.15, 0.2) is 0 Å². The van der Waals surface area contributed by atoms with Gasteiger partial charge in [0, 0.05) is 6.04 Å². The Bertz CT molecular complexity index is 377. The number of aryl methyl sites for hydroxylation is 2. The topological polar surface area (TPSA) is 26.0 Å². The summed E-state index contributed by atoms with van der Waals surface area (Å²) in [7, 11) is 0. The molecule has 1 unspecified atom stereocenters. The third kappa shape index (κ3) is 1.73. The molecule has 1 nitrogen and oxygen atoms in total. The number of hydrogen-bond donors (Lipinski definition) is 1. The predicted molar refractivity (Wildman–Crippen MR) is 61.1 cm³/mol. The van der Waals surface area contributed by atoms with E-state index in [-0.39, 0.29) is 6.04 Å². The molecule has 0 spiro atoms. The summed E-state index contributed by atoms with van der Waals surface area (Å²) in [5.74, 6) is 0. The largest absolute Gasteiger partial charge is 0.324 e. The van der Waals surface area contributed by atoms with Crippen molar-refractivity contribution in [1.29, 1.82) is 0 Å². The van der Waals surface area contributed by atoms with Gasteiger partial charge in [-0.25, -0.2) is 0 Å². The van der Waals surface area contributed by atoms with Crippen LogP contribution in [0.25, 0.3) is 5.57 Å². The van der Waals surface area contributed by atoms with E-state index in [1.165, 1.54) is 22.3 Å². The maximum Gasteiger partial charge on any atom is 0.0232 e. The Hall–Kier alpha value is -1.08. The Morgan fingerprint density at radius 1 is 1.21 bits per heavy atom. The molecule has 0 bridgehead atoms. The molecule has 0 aliphatic heterocycles. The lowest BCUT2D eigenvalue weighted by molar-refractivity contribution is 0.782. The van der Waals surface area contributed by atoms with Crippen LogP contribution in [-0.4, -0.2) is 6.04 Å². The lowest BCUT2D eigenvalue weighted by atomic mass is 10.0. The van der Waals surface area contributed by atoms with Crippen LogP contribution in [0.5, 0.6) is 0 Å². The van der Waals surface area contributed by atoms with Crippen molar-refractivity contribution in [2.24, 2.45) is 5.73 Å². The molecule has 2 N–H and O–H groups in total. The summed E-state index contributed by atoms with van der Waals surface area (Å²) in [5.41, 5.74) is 11.3. The van der Waals surface area contributed by atoms with Crippen LogP contribution < -0.4 is 5.73 Å². The van der Waals surface area contributed by atoms with Crippen LogP contribution in [0.15, 0.2) is 24.3 Å². The molecule has 0 saturated heterocycles. The summed E-state index contributed by atoms with van der Waals surface area (Å²) in [6, 6.07) is 6.92. The van der Waals surface area contributed by atoms with Crippen LogP contribution in [-0.2, 0) is 0 Å². The Morgan fingerprint density at radius 2 is 2.00 bits per heavy atom. The van der Waals surface area contributed by atoms with Crippen molar-refractivity contribution in [3.05, 3.63) is 41.0 Å². The van der Waals surface area contributed by atoms with Crippen LogP contribution >= 0.6 is 0 Å². The molecule has 0 heterocycles. The third-order valence-electron chi connectivity index (χ3n) is 3.04. The highest BCUT2D eigenvalue weighted by atomic mass is 14.6. The molecular weight excluding hydrogens is 170 g/mol. The summed E-state index contributed by atoms with van der Waals surface area (Å²) >= 11 is 0. The molecule has 1 aromatic rings. The number of nitrogens with two attached hydrogens (primary N) is 1. The highest BCUT2D eigenvalue weighted by molar-refractivity contribution is 5.69. The molecular formula is C13H17N. The Morgan fingerprint density at radius 3 is 2.57 bits per heavy atom. The SMILES string of the molecule is Cc1ccc(C2=CC(N)CC2)cc1C. The highest BCUT2D eigenvalue weighted by Crippen LogP contribution is 2.28. The first-order valence-corrected chi connectivity index (χ1v) is 5.21. The molecule has 0 fully saturated rings. The number of allylic oxidation sites excluding steroid dienone is 1. The molecule has 0 amide bonds. The van der Waals surface area contributed by atoms with Crippen LogP contribution in [0.3, 0.4) is 0 Å². The van der Waals surface area contributed by atoms with Crippen molar-refractivity contribution < 1.29 is 0 Å². The molecule has 1 atom stereocenters. The number of rotatable bonds is 1. The zero-order chi connectivity index (χ0) is 10.1. The lowest BCUT2D eigenvalue weighted by Crippen LogP contribution is -2.11. The first kappa shape index (κ1) is 9.47. The zero-order valence-corrected chi connectivity index (χ0v) is 8.88. The molecule has 1 aliphatic rings. The van der Waals surface area contributed by atoms with Crippen molar-refractivity contribution in [2.75, 3.05) is 0 Å². The predicted octanol–water partition coefficient (Wildman–Crippen LogP) is 2.81. The maximum atomic E-state index is 5.85. The standard InChI is InChI=1S/C13H17N/c1-9-3-4-11(7-10(9)2)12-5-6-13(14)8-12/h3-4,7-8,13H,5-6,14H2,1-2H3. The Kier molecular flexibility index (Phi) is 2.42. The van der Waals surface area contributed by atoms with E-state index in [1.54, 1.807) is 0 Å². The molecule has 14 heavy (non-hydrogen) atoms. The van der Waals surface area contributed by atoms with Crippen molar-refractivity contribution in [1.82, 2.24) is 0 Å². The molecule has 2 rings (SSSR count). The van der Waals surface area contributed by atoms with Gasteiger partial charge in [-0.05, 0) is 49.0 Å². The van der Waals surface area contributed by atoms with Gasteiger partial charge in [0.05, 0.1) is 0 Å². The maximum absolute atomic E-state index is 5.85. The fraction of sp³-hybridized carbons (Fsp3) is 0.385. The third-order valence-corrected chi connectivity index (χ3v) is 3.04. The van der Waals surface area contributed by atoms with E-state index in [0.29, 0.717) is 0 Å². The Balaban J connectivity index is 2.34. The Labute approximate surface area is 85.6 Å². The second-order valence-corrected chi connectivity index (χ2v) is 4.19. The minimum Gasteiger partial charge on any atom is -0.324 e. The zero-order valence-electron chi connectivity index (χ0n) is 8.88. The average molecular weight is 187 g/mol. The van der Waals surface area contributed by atoms with Crippen LogP contribution in [0.1, 0.15) is 29.5 Å². The van der Waals surface area contributed by atoms with Crippen LogP contribution in [0, 0.1) is 13.8 Å². The van der Waals surface area contributed by atoms with E-state index < -0.39 is 0 Å². The van der Waals surface area contributed by atoms with Crippen LogP contribution in [0.2, 0.25) is 0 Å². The quantitative estimate of drug-likeness (QED) is 0.718. The smallest absolute Gasteiger partial charge is 0.0232 e. The van der Waals surface area contributed by atoms with Gasteiger partial charge in [-0.2, -0.15) is 0 Å².